The molecule has 1 rings (SSSR count). The van der Waals surface area contributed by atoms with Crippen molar-refractivity contribution in [3.8, 4) is 0 Å². The smallest absolute Gasteiger partial charge is 0.0808 e. The van der Waals surface area contributed by atoms with Crippen LogP contribution in [0.1, 0.15) is 6.42 Å². The van der Waals surface area contributed by atoms with Gasteiger partial charge in [-0.1, -0.05) is 0 Å². The van der Waals surface area contributed by atoms with Gasteiger partial charge in [0.15, 0.2) is 0 Å². The second kappa shape index (κ2) is 2.28. The molecular weight excluding hydrogens is 90.1 g/mol. The zero-order valence-electron chi connectivity index (χ0n) is 4.43. The first-order chi connectivity index (χ1) is 3.43. The van der Waals surface area contributed by atoms with Gasteiger partial charge in [-0.05, 0) is 0 Å². The summed E-state index contributed by atoms with van der Waals surface area (Å²) < 4.78 is 0. The number of quaternary nitrogens is 1. The van der Waals surface area contributed by atoms with Gasteiger partial charge in [-0.2, -0.15) is 0 Å². The molecule has 0 amide bonds. The fraction of sp³-hybridized carbons (Fsp3) is 1.00. The van der Waals surface area contributed by atoms with Gasteiger partial charge in [0.2, 0.25) is 0 Å². The van der Waals surface area contributed by atoms with E-state index in [1.807, 2.05) is 0 Å². The maximum atomic E-state index is 8.55. The molecule has 0 aliphatic carbocycles. The number of hydrogen-bond donors (Lipinski definition) is 2. The predicted molar refractivity (Wildman–Crippen MR) is 26.9 cm³/mol. The minimum absolute atomic E-state index is 0.385. The molecule has 1 fully saturated rings. The minimum atomic E-state index is 0.385. The Labute approximate surface area is 43.5 Å². The van der Waals surface area contributed by atoms with E-state index in [1.165, 1.54) is 13.0 Å². The third-order valence-corrected chi connectivity index (χ3v) is 1.54. The molecule has 0 aromatic carbocycles. The van der Waals surface area contributed by atoms with Crippen molar-refractivity contribution in [2.75, 3.05) is 19.7 Å². The molecule has 42 valence electrons. The number of nitrogens with two attached hydrogens (primary N) is 1. The Bertz CT molecular complexity index is 50.0. The molecule has 2 heteroatoms. The van der Waals surface area contributed by atoms with Crippen LogP contribution >= 0.6 is 0 Å². The molecule has 1 heterocycles. The summed E-state index contributed by atoms with van der Waals surface area (Å²) in [5, 5.41) is 10.8. The zero-order valence-corrected chi connectivity index (χ0v) is 4.43. The minimum Gasteiger partial charge on any atom is -0.396 e. The van der Waals surface area contributed by atoms with Crippen molar-refractivity contribution in [1.29, 1.82) is 0 Å². The average Bonchev–Trinajstić information content (AvgIpc) is 2.14. The number of aliphatic hydroxyl groups excluding tert-OH is 1. The Balaban J connectivity index is 2.14. The van der Waals surface area contributed by atoms with Crippen molar-refractivity contribution in [3.63, 3.8) is 0 Å². The van der Waals surface area contributed by atoms with Crippen LogP contribution in [-0.4, -0.2) is 24.8 Å². The van der Waals surface area contributed by atoms with E-state index in [4.69, 9.17) is 5.11 Å². The Kier molecular flexibility index (Phi) is 1.65. The average molecular weight is 102 g/mol. The van der Waals surface area contributed by atoms with E-state index in [0.717, 1.165) is 6.54 Å². The molecule has 1 unspecified atom stereocenters. The molecule has 1 atom stereocenters. The lowest BCUT2D eigenvalue weighted by atomic mass is 10.1. The van der Waals surface area contributed by atoms with Gasteiger partial charge >= 0.3 is 0 Å². The summed E-state index contributed by atoms with van der Waals surface area (Å²) in [6, 6.07) is 0. The third kappa shape index (κ3) is 1.14. The summed E-state index contributed by atoms with van der Waals surface area (Å²) in [5.41, 5.74) is 0. The van der Waals surface area contributed by atoms with E-state index >= 15 is 0 Å². The van der Waals surface area contributed by atoms with E-state index in [9.17, 15) is 0 Å². The topological polar surface area (TPSA) is 36.8 Å². The monoisotopic (exact) mass is 102 g/mol. The summed E-state index contributed by atoms with van der Waals surface area (Å²) in [6.07, 6.45) is 1.20. The highest BCUT2D eigenvalue weighted by molar-refractivity contribution is 4.56. The molecule has 1 saturated heterocycles. The first-order valence-electron chi connectivity index (χ1n) is 2.86. The molecule has 1 aliphatic heterocycles. The molecule has 0 aromatic heterocycles. The first kappa shape index (κ1) is 5.06. The van der Waals surface area contributed by atoms with E-state index in [-0.39, 0.29) is 0 Å². The maximum Gasteiger partial charge on any atom is 0.0808 e. The van der Waals surface area contributed by atoms with Crippen LogP contribution < -0.4 is 5.32 Å². The van der Waals surface area contributed by atoms with Gasteiger partial charge in [0.25, 0.3) is 0 Å². The molecule has 1 aliphatic rings. The van der Waals surface area contributed by atoms with E-state index in [1.54, 1.807) is 0 Å². The Hall–Kier alpha value is -0.0800. The first-order valence-corrected chi connectivity index (χ1v) is 2.86. The summed E-state index contributed by atoms with van der Waals surface area (Å²) in [6.45, 7) is 2.73. The fourth-order valence-electron chi connectivity index (χ4n) is 0.991. The summed E-state index contributed by atoms with van der Waals surface area (Å²) in [4.78, 5) is 0. The van der Waals surface area contributed by atoms with E-state index in [2.05, 4.69) is 5.32 Å². The van der Waals surface area contributed by atoms with Gasteiger partial charge in [-0.25, -0.2) is 0 Å². The van der Waals surface area contributed by atoms with Crippen LogP contribution in [0.5, 0.6) is 0 Å². The molecule has 0 bridgehead atoms. The van der Waals surface area contributed by atoms with Crippen molar-refractivity contribution in [1.82, 2.24) is 0 Å². The third-order valence-electron chi connectivity index (χ3n) is 1.54. The lowest BCUT2D eigenvalue weighted by Gasteiger charge is -1.94. The largest absolute Gasteiger partial charge is 0.396 e. The Morgan fingerprint density at radius 2 is 2.57 bits per heavy atom. The van der Waals surface area contributed by atoms with Crippen molar-refractivity contribution in [2.45, 2.75) is 6.42 Å². The fourth-order valence-corrected chi connectivity index (χ4v) is 0.991. The van der Waals surface area contributed by atoms with Crippen LogP contribution in [0.15, 0.2) is 0 Å². The van der Waals surface area contributed by atoms with E-state index < -0.39 is 0 Å². The molecule has 2 nitrogen and oxygen atoms in total. The summed E-state index contributed by atoms with van der Waals surface area (Å²) in [5.74, 6) is 0.597. The molecular formula is C5H12NO+. The van der Waals surface area contributed by atoms with Crippen molar-refractivity contribution in [3.05, 3.63) is 0 Å². The normalized spacial score (nSPS) is 31.3. The molecule has 0 aromatic rings. The quantitative estimate of drug-likeness (QED) is 0.418. The number of rotatable bonds is 1. The van der Waals surface area contributed by atoms with Crippen LogP contribution in [0.4, 0.5) is 0 Å². The van der Waals surface area contributed by atoms with Crippen molar-refractivity contribution in [2.24, 2.45) is 5.92 Å². The van der Waals surface area contributed by atoms with Crippen molar-refractivity contribution < 1.29 is 10.4 Å². The van der Waals surface area contributed by atoms with Gasteiger partial charge in [-0.3, -0.25) is 0 Å². The second-order valence-corrected chi connectivity index (χ2v) is 2.15. The highest BCUT2D eigenvalue weighted by atomic mass is 16.3. The lowest BCUT2D eigenvalue weighted by molar-refractivity contribution is -0.638. The Morgan fingerprint density at radius 1 is 1.71 bits per heavy atom. The molecule has 0 spiro atoms. The standard InChI is InChI=1S/C5H11NO/c7-4-5-1-2-6-3-5/h5-7H,1-4H2/p+1. The van der Waals surface area contributed by atoms with Crippen LogP contribution in [0.2, 0.25) is 0 Å². The highest BCUT2D eigenvalue weighted by Gasteiger charge is 2.15. The highest BCUT2D eigenvalue weighted by Crippen LogP contribution is 1.98. The maximum absolute atomic E-state index is 8.55. The van der Waals surface area contributed by atoms with E-state index in [0.29, 0.717) is 12.5 Å². The van der Waals surface area contributed by atoms with Crippen LogP contribution in [0.25, 0.3) is 0 Å². The molecule has 7 heavy (non-hydrogen) atoms. The zero-order chi connectivity index (χ0) is 5.11. The number of aliphatic hydroxyl groups is 1. The van der Waals surface area contributed by atoms with Crippen LogP contribution in [0, 0.1) is 5.92 Å². The number of hydrogen-bond acceptors (Lipinski definition) is 1. The summed E-state index contributed by atoms with van der Waals surface area (Å²) >= 11 is 0. The van der Waals surface area contributed by atoms with Crippen LogP contribution in [-0.2, 0) is 0 Å². The predicted octanol–water partition coefficient (Wildman–Crippen LogP) is -1.44. The van der Waals surface area contributed by atoms with Gasteiger partial charge in [-0.15, -0.1) is 0 Å². The lowest BCUT2D eigenvalue weighted by Crippen LogP contribution is -2.81. The summed E-state index contributed by atoms with van der Waals surface area (Å²) in [7, 11) is 0. The van der Waals surface area contributed by atoms with Crippen molar-refractivity contribution >= 4 is 0 Å². The van der Waals surface area contributed by atoms with Gasteiger partial charge in [0, 0.05) is 12.3 Å². The molecule has 0 saturated carbocycles. The van der Waals surface area contributed by atoms with Gasteiger partial charge < -0.3 is 10.4 Å². The van der Waals surface area contributed by atoms with Gasteiger partial charge in [0.05, 0.1) is 19.7 Å². The van der Waals surface area contributed by atoms with Crippen LogP contribution in [0.3, 0.4) is 0 Å². The molecule has 0 radical (unpaired) electrons. The second-order valence-electron chi connectivity index (χ2n) is 2.15. The SMILES string of the molecule is OCC1CC[NH2+]C1. The Morgan fingerprint density at radius 3 is 2.86 bits per heavy atom. The van der Waals surface area contributed by atoms with Gasteiger partial charge in [0.1, 0.15) is 0 Å². The molecule has 3 N–H and O–H groups in total.